The third-order valence-corrected chi connectivity index (χ3v) is 5.33. The highest BCUT2D eigenvalue weighted by Crippen LogP contribution is 2.15. The second-order valence-corrected chi connectivity index (χ2v) is 7.73. The monoisotopic (exact) mass is 355 g/mol. The molecule has 2 atom stereocenters. The molecule has 0 radical (unpaired) electrons. The quantitative estimate of drug-likeness (QED) is 0.530. The lowest BCUT2D eigenvalue weighted by Gasteiger charge is -2.41. The van der Waals surface area contributed by atoms with Gasteiger partial charge in [-0.25, -0.2) is 0 Å². The van der Waals surface area contributed by atoms with Crippen molar-refractivity contribution in [3.05, 3.63) is 0 Å². The normalized spacial score (nSPS) is 25.6. The minimum atomic E-state index is 0.0751. The molecule has 0 aromatic carbocycles. The van der Waals surface area contributed by atoms with Crippen molar-refractivity contribution in [2.75, 3.05) is 66.2 Å². The molecule has 0 spiro atoms. The fourth-order valence-corrected chi connectivity index (χ4v) is 3.56. The molecule has 2 heterocycles. The Labute approximate surface area is 153 Å². The van der Waals surface area contributed by atoms with E-state index in [9.17, 15) is 0 Å². The lowest BCUT2D eigenvalue weighted by molar-refractivity contribution is -0.0174. The molecule has 0 aromatic rings. The molecule has 2 unspecified atom stereocenters. The molecular weight excluding hydrogens is 318 g/mol. The second kappa shape index (κ2) is 9.71. The van der Waals surface area contributed by atoms with Gasteiger partial charge in [-0.05, 0) is 27.7 Å². The number of rotatable bonds is 6. The van der Waals surface area contributed by atoms with E-state index in [0.717, 1.165) is 65.1 Å². The summed E-state index contributed by atoms with van der Waals surface area (Å²) >= 11 is 0. The first kappa shape index (κ1) is 20.4. The largest absolute Gasteiger partial charge is 0.379 e. The Morgan fingerprint density at radius 2 is 1.84 bits per heavy atom. The van der Waals surface area contributed by atoms with E-state index in [4.69, 9.17) is 9.47 Å². The summed E-state index contributed by atoms with van der Waals surface area (Å²) in [5, 5.41) is 6.97. The highest BCUT2D eigenvalue weighted by atomic mass is 16.5. The molecule has 2 aliphatic heterocycles. The van der Waals surface area contributed by atoms with Crippen LogP contribution in [0.1, 0.15) is 27.7 Å². The molecule has 0 saturated carbocycles. The molecule has 7 heteroatoms. The van der Waals surface area contributed by atoms with E-state index in [1.165, 1.54) is 0 Å². The predicted molar refractivity (Wildman–Crippen MR) is 102 cm³/mol. The molecule has 0 aromatic heterocycles. The number of ether oxygens (including phenoxy) is 2. The third-order valence-electron chi connectivity index (χ3n) is 5.33. The van der Waals surface area contributed by atoms with E-state index in [1.807, 2.05) is 7.05 Å². The van der Waals surface area contributed by atoms with Crippen LogP contribution in [0.5, 0.6) is 0 Å². The molecule has 2 rings (SSSR count). The average molecular weight is 356 g/mol. The van der Waals surface area contributed by atoms with E-state index in [2.05, 4.69) is 53.1 Å². The Morgan fingerprint density at radius 3 is 2.48 bits per heavy atom. The summed E-state index contributed by atoms with van der Waals surface area (Å²) in [4.78, 5) is 9.36. The maximum atomic E-state index is 5.53. The van der Waals surface area contributed by atoms with Gasteiger partial charge in [0.05, 0.1) is 26.4 Å². The zero-order valence-electron chi connectivity index (χ0n) is 16.7. The fourth-order valence-electron chi connectivity index (χ4n) is 3.56. The second-order valence-electron chi connectivity index (χ2n) is 7.73. The van der Waals surface area contributed by atoms with Crippen molar-refractivity contribution in [1.82, 2.24) is 20.4 Å². The van der Waals surface area contributed by atoms with Crippen LogP contribution >= 0.6 is 0 Å². The summed E-state index contributed by atoms with van der Waals surface area (Å²) in [7, 11) is 1.83. The molecule has 7 nitrogen and oxygen atoms in total. The summed E-state index contributed by atoms with van der Waals surface area (Å²) < 4.78 is 11.0. The molecule has 25 heavy (non-hydrogen) atoms. The molecule has 2 fully saturated rings. The fraction of sp³-hybridized carbons (Fsp3) is 0.944. The maximum Gasteiger partial charge on any atom is 0.191 e. The van der Waals surface area contributed by atoms with Crippen LogP contribution in [-0.2, 0) is 9.47 Å². The Morgan fingerprint density at radius 1 is 1.16 bits per heavy atom. The van der Waals surface area contributed by atoms with Crippen LogP contribution in [0.3, 0.4) is 0 Å². The number of aliphatic imine (C=N–C) groups is 1. The van der Waals surface area contributed by atoms with Crippen molar-refractivity contribution in [3.63, 3.8) is 0 Å². The number of nitrogens with zero attached hydrogens (tertiary/aromatic N) is 3. The molecule has 2 saturated heterocycles. The first-order chi connectivity index (χ1) is 11.9. The summed E-state index contributed by atoms with van der Waals surface area (Å²) in [5.41, 5.74) is 0.0751. The van der Waals surface area contributed by atoms with Crippen LogP contribution in [0.15, 0.2) is 4.99 Å². The highest BCUT2D eigenvalue weighted by molar-refractivity contribution is 5.79. The van der Waals surface area contributed by atoms with Crippen LogP contribution in [-0.4, -0.2) is 99.6 Å². The zero-order chi connectivity index (χ0) is 18.3. The van der Waals surface area contributed by atoms with E-state index in [-0.39, 0.29) is 5.54 Å². The van der Waals surface area contributed by atoms with Gasteiger partial charge in [0.2, 0.25) is 0 Å². The smallest absolute Gasteiger partial charge is 0.191 e. The Balaban J connectivity index is 1.76. The molecule has 146 valence electrons. The summed E-state index contributed by atoms with van der Waals surface area (Å²) in [5.74, 6) is 0.870. The lowest BCUT2D eigenvalue weighted by atomic mass is 10.0. The van der Waals surface area contributed by atoms with Crippen LogP contribution < -0.4 is 10.6 Å². The Kier molecular flexibility index (Phi) is 7.93. The van der Waals surface area contributed by atoms with Gasteiger partial charge >= 0.3 is 0 Å². The molecular formula is C18H37N5O2. The van der Waals surface area contributed by atoms with Crippen molar-refractivity contribution in [2.24, 2.45) is 4.99 Å². The van der Waals surface area contributed by atoms with Gasteiger partial charge in [-0.15, -0.1) is 0 Å². The van der Waals surface area contributed by atoms with E-state index < -0.39 is 0 Å². The van der Waals surface area contributed by atoms with Crippen LogP contribution in [0.25, 0.3) is 0 Å². The van der Waals surface area contributed by atoms with E-state index in [1.54, 1.807) is 0 Å². The number of guanidine groups is 1. The van der Waals surface area contributed by atoms with Gasteiger partial charge in [0.15, 0.2) is 5.96 Å². The molecule has 2 N–H and O–H groups in total. The van der Waals surface area contributed by atoms with E-state index in [0.29, 0.717) is 12.1 Å². The highest BCUT2D eigenvalue weighted by Gasteiger charge is 2.28. The summed E-state index contributed by atoms with van der Waals surface area (Å²) in [6, 6.07) is 0.922. The number of nitrogens with one attached hydrogen (secondary N) is 2. The van der Waals surface area contributed by atoms with Crippen molar-refractivity contribution in [1.29, 1.82) is 0 Å². The maximum absolute atomic E-state index is 5.53. The molecule has 0 amide bonds. The third kappa shape index (κ3) is 6.09. The topological polar surface area (TPSA) is 61.4 Å². The van der Waals surface area contributed by atoms with Crippen LogP contribution in [0.4, 0.5) is 0 Å². The van der Waals surface area contributed by atoms with E-state index >= 15 is 0 Å². The van der Waals surface area contributed by atoms with Gasteiger partial charge in [0.1, 0.15) is 0 Å². The van der Waals surface area contributed by atoms with Crippen molar-refractivity contribution < 1.29 is 9.47 Å². The number of hydrogen-bond donors (Lipinski definition) is 2. The first-order valence-electron chi connectivity index (χ1n) is 9.55. The van der Waals surface area contributed by atoms with Gasteiger partial charge in [0.25, 0.3) is 0 Å². The van der Waals surface area contributed by atoms with Gasteiger partial charge in [0, 0.05) is 57.4 Å². The van der Waals surface area contributed by atoms with Gasteiger partial charge < -0.3 is 20.1 Å². The lowest BCUT2D eigenvalue weighted by Crippen LogP contribution is -2.57. The van der Waals surface area contributed by atoms with Crippen molar-refractivity contribution >= 4 is 5.96 Å². The Hall–Kier alpha value is -0.890. The van der Waals surface area contributed by atoms with Crippen molar-refractivity contribution in [2.45, 2.75) is 45.3 Å². The van der Waals surface area contributed by atoms with Gasteiger partial charge in [-0.3, -0.25) is 14.8 Å². The minimum Gasteiger partial charge on any atom is -0.379 e. The van der Waals surface area contributed by atoms with Gasteiger partial charge in [-0.2, -0.15) is 0 Å². The van der Waals surface area contributed by atoms with Crippen LogP contribution in [0, 0.1) is 0 Å². The average Bonchev–Trinajstić information content (AvgIpc) is 2.62. The number of morpholine rings is 2. The molecule has 0 bridgehead atoms. The predicted octanol–water partition coefficient (Wildman–Crippen LogP) is 0.371. The zero-order valence-corrected chi connectivity index (χ0v) is 16.7. The SMILES string of the molecule is CN=C(NCC(C)N1CCOCC1C)NCC(C)(C)N1CCOCC1. The minimum absolute atomic E-state index is 0.0751. The molecule has 0 aliphatic carbocycles. The standard InChI is InChI=1S/C18H37N5O2/c1-15(23-8-11-25-13-16(23)2)12-20-17(19-5)21-14-18(3,4)22-6-9-24-10-7-22/h15-16H,6-14H2,1-5H3,(H2,19,20,21). The number of hydrogen-bond acceptors (Lipinski definition) is 5. The summed E-state index contributed by atoms with van der Waals surface area (Å²) in [6.45, 7) is 17.1. The molecule has 2 aliphatic rings. The van der Waals surface area contributed by atoms with Crippen LogP contribution in [0.2, 0.25) is 0 Å². The summed E-state index contributed by atoms with van der Waals surface area (Å²) in [6.07, 6.45) is 0. The van der Waals surface area contributed by atoms with Crippen molar-refractivity contribution in [3.8, 4) is 0 Å². The Bertz CT molecular complexity index is 424. The van der Waals surface area contributed by atoms with Gasteiger partial charge in [-0.1, -0.05) is 0 Å². The first-order valence-corrected chi connectivity index (χ1v) is 9.55.